The molecule has 1 fully saturated rings. The van der Waals surface area contributed by atoms with Gasteiger partial charge in [0.2, 0.25) is 11.8 Å². The number of benzene rings is 3. The second-order valence-electron chi connectivity index (χ2n) is 6.17. The predicted octanol–water partition coefficient (Wildman–Crippen LogP) is 4.05. The maximum absolute atomic E-state index is 12.6. The van der Waals surface area contributed by atoms with Crippen LogP contribution in [0.2, 0.25) is 0 Å². The molecule has 2 amide bonds. The van der Waals surface area contributed by atoms with E-state index < -0.39 is 0 Å². The number of nitrogens with one attached hydrogen (secondary N) is 1. The van der Waals surface area contributed by atoms with E-state index >= 15 is 0 Å². The third kappa shape index (κ3) is 3.30. The molecule has 4 nitrogen and oxygen atoms in total. The highest BCUT2D eigenvalue weighted by Crippen LogP contribution is 2.38. The second kappa shape index (κ2) is 7.22. The van der Waals surface area contributed by atoms with Crippen LogP contribution in [0, 0.1) is 0 Å². The van der Waals surface area contributed by atoms with E-state index in [-0.39, 0.29) is 23.7 Å². The average Bonchev–Trinajstić information content (AvgIpc) is 3.03. The lowest BCUT2D eigenvalue weighted by molar-refractivity contribution is -0.132. The molecule has 4 rings (SSSR count). The fourth-order valence-corrected chi connectivity index (χ4v) is 4.39. The first-order valence-corrected chi connectivity index (χ1v) is 9.51. The summed E-state index contributed by atoms with van der Waals surface area (Å²) in [6, 6.07) is 23.6. The van der Waals surface area contributed by atoms with Crippen LogP contribution in [-0.4, -0.2) is 29.0 Å². The van der Waals surface area contributed by atoms with Gasteiger partial charge in [-0.05, 0) is 17.0 Å². The van der Waals surface area contributed by atoms with Crippen LogP contribution in [0.3, 0.4) is 0 Å². The molecule has 1 N–H and O–H groups in total. The van der Waals surface area contributed by atoms with E-state index in [1.54, 1.807) is 16.7 Å². The molecule has 0 aromatic heterocycles. The van der Waals surface area contributed by atoms with Gasteiger partial charge in [0, 0.05) is 11.1 Å². The molecule has 0 saturated carbocycles. The van der Waals surface area contributed by atoms with E-state index in [2.05, 4.69) is 5.32 Å². The highest BCUT2D eigenvalue weighted by Gasteiger charge is 2.34. The van der Waals surface area contributed by atoms with Crippen molar-refractivity contribution < 1.29 is 9.59 Å². The van der Waals surface area contributed by atoms with E-state index in [0.717, 1.165) is 22.0 Å². The molecular formula is C21H18N2O2S. The van der Waals surface area contributed by atoms with Crippen molar-refractivity contribution in [3.63, 3.8) is 0 Å². The van der Waals surface area contributed by atoms with Crippen molar-refractivity contribution in [1.29, 1.82) is 0 Å². The molecule has 130 valence electrons. The normalized spacial score (nSPS) is 16.8. The van der Waals surface area contributed by atoms with Crippen LogP contribution in [-0.2, 0) is 9.59 Å². The molecule has 1 heterocycles. The summed E-state index contributed by atoms with van der Waals surface area (Å²) in [4.78, 5) is 26.6. The Balaban J connectivity index is 1.52. The van der Waals surface area contributed by atoms with Gasteiger partial charge in [0.15, 0.2) is 0 Å². The number of hydrogen-bond acceptors (Lipinski definition) is 3. The van der Waals surface area contributed by atoms with E-state index in [0.29, 0.717) is 5.75 Å². The molecular weight excluding hydrogens is 344 g/mol. The standard InChI is InChI=1S/C21H18N2O2S/c24-19(22-18-12-6-10-15-7-4-5-11-17(15)18)13-23-20(25)14-26-21(23)16-8-2-1-3-9-16/h1-12,21H,13-14H2,(H,22,24). The number of fused-ring (bicyclic) bond motifs is 1. The summed E-state index contributed by atoms with van der Waals surface area (Å²) >= 11 is 1.56. The molecule has 1 atom stereocenters. The van der Waals surface area contributed by atoms with Crippen molar-refractivity contribution in [2.45, 2.75) is 5.37 Å². The molecule has 0 aliphatic carbocycles. The Labute approximate surface area is 156 Å². The number of thioether (sulfide) groups is 1. The first kappa shape index (κ1) is 16.7. The lowest BCUT2D eigenvalue weighted by atomic mass is 10.1. The molecule has 0 bridgehead atoms. The van der Waals surface area contributed by atoms with Gasteiger partial charge < -0.3 is 10.2 Å². The number of carbonyl (C=O) groups is 2. The molecule has 0 radical (unpaired) electrons. The molecule has 1 unspecified atom stereocenters. The Morgan fingerprint density at radius 2 is 1.73 bits per heavy atom. The van der Waals surface area contributed by atoms with Crippen LogP contribution >= 0.6 is 11.8 Å². The number of carbonyl (C=O) groups excluding carboxylic acids is 2. The fourth-order valence-electron chi connectivity index (χ4n) is 3.20. The summed E-state index contributed by atoms with van der Waals surface area (Å²) in [6.07, 6.45) is 0. The van der Waals surface area contributed by atoms with Crippen LogP contribution in [0.25, 0.3) is 10.8 Å². The van der Waals surface area contributed by atoms with E-state index in [1.807, 2.05) is 72.8 Å². The zero-order valence-electron chi connectivity index (χ0n) is 14.1. The quantitative estimate of drug-likeness (QED) is 0.762. The molecule has 3 aromatic rings. The van der Waals surface area contributed by atoms with Gasteiger partial charge in [-0.25, -0.2) is 0 Å². The second-order valence-corrected chi connectivity index (χ2v) is 7.24. The molecule has 1 aliphatic rings. The lowest BCUT2D eigenvalue weighted by Crippen LogP contribution is -2.36. The minimum absolute atomic E-state index is 0.00285. The number of anilines is 1. The summed E-state index contributed by atoms with van der Waals surface area (Å²) in [7, 11) is 0. The summed E-state index contributed by atoms with van der Waals surface area (Å²) in [6.45, 7) is 0.0502. The number of amides is 2. The topological polar surface area (TPSA) is 49.4 Å². The van der Waals surface area contributed by atoms with Gasteiger partial charge in [0.1, 0.15) is 11.9 Å². The van der Waals surface area contributed by atoms with Gasteiger partial charge in [-0.3, -0.25) is 9.59 Å². The molecule has 26 heavy (non-hydrogen) atoms. The van der Waals surface area contributed by atoms with Crippen LogP contribution in [0.15, 0.2) is 72.8 Å². The maximum atomic E-state index is 12.6. The van der Waals surface area contributed by atoms with Gasteiger partial charge in [-0.1, -0.05) is 66.7 Å². The van der Waals surface area contributed by atoms with Crippen LogP contribution in [0.1, 0.15) is 10.9 Å². The molecule has 0 spiro atoms. The highest BCUT2D eigenvalue weighted by molar-refractivity contribution is 8.00. The highest BCUT2D eigenvalue weighted by atomic mass is 32.2. The minimum Gasteiger partial charge on any atom is -0.324 e. The largest absolute Gasteiger partial charge is 0.324 e. The number of rotatable bonds is 4. The summed E-state index contributed by atoms with van der Waals surface area (Å²) in [5.41, 5.74) is 1.81. The van der Waals surface area contributed by atoms with Crippen LogP contribution in [0.5, 0.6) is 0 Å². The summed E-state index contributed by atoms with van der Waals surface area (Å²) in [5.74, 6) is 0.219. The smallest absolute Gasteiger partial charge is 0.244 e. The molecule has 1 aliphatic heterocycles. The number of hydrogen-bond donors (Lipinski definition) is 1. The van der Waals surface area contributed by atoms with E-state index in [4.69, 9.17) is 0 Å². The van der Waals surface area contributed by atoms with Gasteiger partial charge in [-0.2, -0.15) is 0 Å². The third-order valence-electron chi connectivity index (χ3n) is 4.43. The van der Waals surface area contributed by atoms with Gasteiger partial charge >= 0.3 is 0 Å². The molecule has 5 heteroatoms. The number of nitrogens with zero attached hydrogens (tertiary/aromatic N) is 1. The Hall–Kier alpha value is -2.79. The summed E-state index contributed by atoms with van der Waals surface area (Å²) < 4.78 is 0. The van der Waals surface area contributed by atoms with Crippen LogP contribution in [0.4, 0.5) is 5.69 Å². The van der Waals surface area contributed by atoms with Crippen molar-refractivity contribution in [2.24, 2.45) is 0 Å². The lowest BCUT2D eigenvalue weighted by Gasteiger charge is -2.23. The van der Waals surface area contributed by atoms with Crippen LogP contribution < -0.4 is 5.32 Å². The minimum atomic E-state index is -0.182. The maximum Gasteiger partial charge on any atom is 0.244 e. The molecule has 1 saturated heterocycles. The van der Waals surface area contributed by atoms with Crippen molar-refractivity contribution in [3.05, 3.63) is 78.4 Å². The van der Waals surface area contributed by atoms with Gasteiger partial charge in [-0.15, -0.1) is 11.8 Å². The fraction of sp³-hybridized carbons (Fsp3) is 0.143. The van der Waals surface area contributed by atoms with E-state index in [1.165, 1.54) is 0 Å². The zero-order valence-corrected chi connectivity index (χ0v) is 14.9. The first-order chi connectivity index (χ1) is 12.7. The summed E-state index contributed by atoms with van der Waals surface area (Å²) in [5, 5.41) is 4.91. The first-order valence-electron chi connectivity index (χ1n) is 8.46. The van der Waals surface area contributed by atoms with Gasteiger partial charge in [0.05, 0.1) is 5.75 Å². The Morgan fingerprint density at radius 1 is 1.00 bits per heavy atom. The van der Waals surface area contributed by atoms with Crippen molar-refractivity contribution in [1.82, 2.24) is 4.90 Å². The third-order valence-corrected chi connectivity index (χ3v) is 5.69. The average molecular weight is 362 g/mol. The Morgan fingerprint density at radius 3 is 2.58 bits per heavy atom. The van der Waals surface area contributed by atoms with Crippen molar-refractivity contribution >= 4 is 40.0 Å². The zero-order chi connectivity index (χ0) is 17.9. The molecule has 3 aromatic carbocycles. The SMILES string of the molecule is O=C(CN1C(=O)CSC1c1ccccc1)Nc1cccc2ccccc12. The van der Waals surface area contributed by atoms with Crippen molar-refractivity contribution in [3.8, 4) is 0 Å². The Bertz CT molecular complexity index is 953. The van der Waals surface area contributed by atoms with Crippen molar-refractivity contribution in [2.75, 3.05) is 17.6 Å². The van der Waals surface area contributed by atoms with E-state index in [9.17, 15) is 9.59 Å². The Kier molecular flexibility index (Phi) is 4.63. The predicted molar refractivity (Wildman–Crippen MR) is 106 cm³/mol. The van der Waals surface area contributed by atoms with Gasteiger partial charge in [0.25, 0.3) is 0 Å². The monoisotopic (exact) mass is 362 g/mol.